The lowest BCUT2D eigenvalue weighted by atomic mass is 9.99. The topological polar surface area (TPSA) is 41.9 Å². The Bertz CT molecular complexity index is 1610. The van der Waals surface area contributed by atoms with Crippen molar-refractivity contribution in [2.45, 2.75) is 103 Å². The SMILES string of the molecule is CC(C)(C)[Si](C)(C)Oc1ccc(C(O)c2ccc(CCN(Cc3ccccc3)CC(O[Si](C)(C)C(C)(C)C)c3cccc(Cl)c3)cc2)cc1. The van der Waals surface area contributed by atoms with Crippen molar-refractivity contribution in [1.82, 2.24) is 4.90 Å². The van der Waals surface area contributed by atoms with Gasteiger partial charge in [0.1, 0.15) is 11.9 Å². The Balaban J connectivity index is 1.49. The van der Waals surface area contributed by atoms with Crippen molar-refractivity contribution in [3.05, 3.63) is 136 Å². The minimum absolute atomic E-state index is 0.0843. The van der Waals surface area contributed by atoms with Gasteiger partial charge >= 0.3 is 0 Å². The van der Waals surface area contributed by atoms with E-state index in [0.29, 0.717) is 0 Å². The van der Waals surface area contributed by atoms with Crippen molar-refractivity contribution < 1.29 is 14.0 Å². The number of aliphatic hydroxyl groups is 1. The fourth-order valence-corrected chi connectivity index (χ4v) is 7.78. The summed E-state index contributed by atoms with van der Waals surface area (Å²) in [5, 5.41) is 12.2. The molecular formula is C42H58ClNO3Si2. The normalized spacial score (nSPS) is 14.1. The molecule has 4 nitrogen and oxygen atoms in total. The molecule has 0 fully saturated rings. The van der Waals surface area contributed by atoms with Gasteiger partial charge < -0.3 is 14.0 Å². The standard InChI is InChI=1S/C42H58ClNO3Si2/c1-41(2,3)48(7,8)46-38-25-23-35(24-26-38)40(45)34-21-19-32(20-22-34)27-28-44(30-33-15-12-11-13-16-33)31-39(36-17-14-18-37(43)29-36)47-49(9,10)42(4,5)6/h11-26,29,39-40,45H,27-28,30-31H2,1-10H3. The van der Waals surface area contributed by atoms with Gasteiger partial charge in [0.15, 0.2) is 8.32 Å². The van der Waals surface area contributed by atoms with E-state index in [0.717, 1.165) is 53.5 Å². The van der Waals surface area contributed by atoms with Crippen molar-refractivity contribution in [2.24, 2.45) is 0 Å². The number of hydrogen-bond donors (Lipinski definition) is 1. The van der Waals surface area contributed by atoms with Crippen molar-refractivity contribution in [1.29, 1.82) is 0 Å². The van der Waals surface area contributed by atoms with Gasteiger partial charge in [-0.15, -0.1) is 0 Å². The van der Waals surface area contributed by atoms with Gasteiger partial charge in [0.25, 0.3) is 0 Å². The summed E-state index contributed by atoms with van der Waals surface area (Å²) in [5.74, 6) is 0.866. The molecule has 7 heteroatoms. The largest absolute Gasteiger partial charge is 0.544 e. The Morgan fingerprint density at radius 1 is 0.673 bits per heavy atom. The van der Waals surface area contributed by atoms with Gasteiger partial charge in [0.2, 0.25) is 8.32 Å². The number of rotatable bonds is 14. The zero-order chi connectivity index (χ0) is 36.0. The summed E-state index contributed by atoms with van der Waals surface area (Å²) in [7, 11) is -4.00. The first kappa shape index (κ1) is 39.1. The minimum Gasteiger partial charge on any atom is -0.544 e. The average Bonchev–Trinajstić information content (AvgIpc) is 3.03. The zero-order valence-corrected chi connectivity index (χ0v) is 34.1. The molecule has 0 heterocycles. The third kappa shape index (κ3) is 10.9. The second kappa shape index (κ2) is 16.1. The lowest BCUT2D eigenvalue weighted by Gasteiger charge is -2.41. The predicted octanol–water partition coefficient (Wildman–Crippen LogP) is 11.6. The Hall–Kier alpha value is -2.72. The fraction of sp³-hybridized carbons (Fsp3) is 0.429. The highest BCUT2D eigenvalue weighted by molar-refractivity contribution is 6.75. The summed E-state index contributed by atoms with van der Waals surface area (Å²) in [6.07, 6.45) is 0.0846. The molecule has 2 atom stereocenters. The first-order chi connectivity index (χ1) is 22.8. The van der Waals surface area contributed by atoms with Crippen LogP contribution < -0.4 is 4.43 Å². The molecule has 0 aliphatic carbocycles. The molecule has 4 aromatic carbocycles. The number of benzene rings is 4. The quantitative estimate of drug-likeness (QED) is 0.132. The van der Waals surface area contributed by atoms with Crippen LogP contribution in [0.5, 0.6) is 5.75 Å². The number of hydrogen-bond acceptors (Lipinski definition) is 4. The molecule has 0 saturated carbocycles. The summed E-state index contributed by atoms with van der Waals surface area (Å²) in [6.45, 7) is 25.2. The molecule has 0 radical (unpaired) electrons. The molecule has 0 aromatic heterocycles. The molecule has 1 N–H and O–H groups in total. The van der Waals surface area contributed by atoms with Crippen LogP contribution in [-0.2, 0) is 17.4 Å². The van der Waals surface area contributed by atoms with E-state index in [9.17, 15) is 5.11 Å². The van der Waals surface area contributed by atoms with Gasteiger partial charge in [-0.3, -0.25) is 4.90 Å². The van der Waals surface area contributed by atoms with Crippen LogP contribution in [0.4, 0.5) is 0 Å². The van der Waals surface area contributed by atoms with E-state index in [1.54, 1.807) is 0 Å². The average molecular weight is 717 g/mol. The van der Waals surface area contributed by atoms with Gasteiger partial charge in [-0.1, -0.05) is 132 Å². The minimum atomic E-state index is -2.08. The third-order valence-corrected chi connectivity index (χ3v) is 19.6. The van der Waals surface area contributed by atoms with E-state index in [1.165, 1.54) is 11.1 Å². The van der Waals surface area contributed by atoms with Crippen LogP contribution in [0.2, 0.25) is 41.3 Å². The van der Waals surface area contributed by atoms with Gasteiger partial charge in [-0.25, -0.2) is 0 Å². The monoisotopic (exact) mass is 715 g/mol. The molecule has 4 aromatic rings. The van der Waals surface area contributed by atoms with E-state index in [4.69, 9.17) is 20.5 Å². The number of halogens is 1. The highest BCUT2D eigenvalue weighted by atomic mass is 35.5. The molecule has 0 spiro atoms. The maximum absolute atomic E-state index is 11.2. The van der Waals surface area contributed by atoms with E-state index in [1.807, 2.05) is 36.4 Å². The second-order valence-corrected chi connectivity index (χ2v) is 26.4. The van der Waals surface area contributed by atoms with Crippen LogP contribution in [0.15, 0.2) is 103 Å². The molecule has 4 rings (SSSR count). The summed E-state index contributed by atoms with van der Waals surface area (Å²) in [6, 6.07) is 35.1. The summed E-state index contributed by atoms with van der Waals surface area (Å²) >= 11 is 6.50. The molecule has 0 aliphatic rings. The highest BCUT2D eigenvalue weighted by Gasteiger charge is 2.40. The number of aliphatic hydroxyl groups excluding tert-OH is 1. The summed E-state index contributed by atoms with van der Waals surface area (Å²) in [5.41, 5.74) is 5.37. The zero-order valence-electron chi connectivity index (χ0n) is 31.4. The molecule has 0 saturated heterocycles. The van der Waals surface area contributed by atoms with E-state index in [2.05, 4.69) is 139 Å². The van der Waals surface area contributed by atoms with Crippen molar-refractivity contribution in [3.8, 4) is 5.75 Å². The second-order valence-electron chi connectivity index (χ2n) is 16.5. The highest BCUT2D eigenvalue weighted by Crippen LogP contribution is 2.41. The maximum Gasteiger partial charge on any atom is 0.250 e. The Morgan fingerprint density at radius 2 is 1.24 bits per heavy atom. The molecule has 49 heavy (non-hydrogen) atoms. The van der Waals surface area contributed by atoms with E-state index >= 15 is 0 Å². The summed E-state index contributed by atoms with van der Waals surface area (Å²) in [4.78, 5) is 2.50. The van der Waals surface area contributed by atoms with Crippen molar-refractivity contribution in [2.75, 3.05) is 13.1 Å². The lowest BCUT2D eigenvalue weighted by Crippen LogP contribution is -2.44. The van der Waals surface area contributed by atoms with Gasteiger partial charge in [0.05, 0.1) is 6.10 Å². The van der Waals surface area contributed by atoms with Gasteiger partial charge in [0, 0.05) is 24.7 Å². The summed E-state index contributed by atoms with van der Waals surface area (Å²) < 4.78 is 13.5. The van der Waals surface area contributed by atoms with Crippen molar-refractivity contribution in [3.63, 3.8) is 0 Å². The van der Waals surface area contributed by atoms with Crippen LogP contribution >= 0.6 is 11.6 Å². The predicted molar refractivity (Wildman–Crippen MR) is 213 cm³/mol. The third-order valence-electron chi connectivity index (χ3n) is 10.5. The number of nitrogens with zero attached hydrogens (tertiary/aromatic N) is 1. The van der Waals surface area contributed by atoms with Crippen LogP contribution in [-0.4, -0.2) is 39.7 Å². The van der Waals surface area contributed by atoms with Crippen LogP contribution in [0.3, 0.4) is 0 Å². The lowest BCUT2D eigenvalue weighted by molar-refractivity contribution is 0.116. The van der Waals surface area contributed by atoms with E-state index < -0.39 is 22.7 Å². The maximum atomic E-state index is 11.2. The van der Waals surface area contributed by atoms with Crippen LogP contribution in [0, 0.1) is 0 Å². The molecule has 0 amide bonds. The molecular weight excluding hydrogens is 658 g/mol. The van der Waals surface area contributed by atoms with E-state index in [-0.39, 0.29) is 16.2 Å². The Labute approximate surface area is 303 Å². The smallest absolute Gasteiger partial charge is 0.250 e. The van der Waals surface area contributed by atoms with Crippen LogP contribution in [0.1, 0.15) is 81.6 Å². The molecule has 2 unspecified atom stereocenters. The Kier molecular flexibility index (Phi) is 12.8. The molecule has 0 aliphatic heterocycles. The Morgan fingerprint density at radius 3 is 1.80 bits per heavy atom. The first-order valence-corrected chi connectivity index (χ1v) is 23.8. The fourth-order valence-electron chi connectivity index (χ4n) is 5.27. The van der Waals surface area contributed by atoms with Gasteiger partial charge in [-0.2, -0.15) is 0 Å². The first-order valence-electron chi connectivity index (χ1n) is 17.6. The van der Waals surface area contributed by atoms with Crippen molar-refractivity contribution >= 4 is 28.2 Å². The molecule has 264 valence electrons. The van der Waals surface area contributed by atoms with Crippen LogP contribution in [0.25, 0.3) is 0 Å². The van der Waals surface area contributed by atoms with Gasteiger partial charge in [-0.05, 0) is 94.8 Å². The molecule has 0 bridgehead atoms.